The van der Waals surface area contributed by atoms with E-state index < -0.39 is 18.0 Å². The first kappa shape index (κ1) is 27.9. The Morgan fingerprint density at radius 2 is 1.85 bits per heavy atom. The number of hydrogen-bond acceptors (Lipinski definition) is 8. The maximum Gasteiger partial charge on any atom is 0.338 e. The molecule has 0 radical (unpaired) electrons. The Kier molecular flexibility index (Phi) is 7.76. The largest absolute Gasteiger partial charge is 0.491 e. The summed E-state index contributed by atoms with van der Waals surface area (Å²) in [4.78, 5) is 43.3. The fraction of sp³-hybridized carbons (Fsp3) is 0.226. The van der Waals surface area contributed by atoms with Gasteiger partial charge in [-0.1, -0.05) is 41.7 Å². The molecule has 0 amide bonds. The van der Waals surface area contributed by atoms with Gasteiger partial charge in [-0.25, -0.2) is 14.6 Å². The van der Waals surface area contributed by atoms with E-state index in [1.54, 1.807) is 44.2 Å². The highest BCUT2D eigenvalue weighted by Gasteiger charge is 2.35. The van der Waals surface area contributed by atoms with Crippen molar-refractivity contribution in [1.82, 2.24) is 4.57 Å². The predicted molar refractivity (Wildman–Crippen MR) is 154 cm³/mol. The summed E-state index contributed by atoms with van der Waals surface area (Å²) in [5.41, 5.74) is 1.93. The molecule has 210 valence electrons. The monoisotopic (exact) mass is 572 g/mol. The van der Waals surface area contributed by atoms with Crippen LogP contribution in [0.25, 0.3) is 17.4 Å². The van der Waals surface area contributed by atoms with Gasteiger partial charge in [-0.3, -0.25) is 9.36 Å². The van der Waals surface area contributed by atoms with Gasteiger partial charge in [0.25, 0.3) is 5.56 Å². The van der Waals surface area contributed by atoms with Crippen molar-refractivity contribution in [3.63, 3.8) is 0 Å². The number of ether oxygens (including phenoxy) is 2. The van der Waals surface area contributed by atoms with Crippen LogP contribution in [0, 0.1) is 0 Å². The van der Waals surface area contributed by atoms with Gasteiger partial charge in [0.05, 0.1) is 34.1 Å². The highest BCUT2D eigenvalue weighted by Crippen LogP contribution is 2.36. The summed E-state index contributed by atoms with van der Waals surface area (Å²) in [7, 11) is 0. The molecular weight excluding hydrogens is 544 g/mol. The van der Waals surface area contributed by atoms with Crippen LogP contribution < -0.4 is 19.6 Å². The van der Waals surface area contributed by atoms with Crippen molar-refractivity contribution in [3.8, 4) is 17.1 Å². The first-order valence-corrected chi connectivity index (χ1v) is 13.9. The second-order valence-corrected chi connectivity index (χ2v) is 10.6. The molecule has 0 aliphatic carbocycles. The molecule has 0 unspecified atom stereocenters. The number of esters is 1. The van der Waals surface area contributed by atoms with Crippen LogP contribution in [-0.4, -0.2) is 34.3 Å². The van der Waals surface area contributed by atoms with Gasteiger partial charge in [0.15, 0.2) is 4.80 Å². The summed E-state index contributed by atoms with van der Waals surface area (Å²) in [6, 6.07) is 16.3. The number of rotatable bonds is 8. The number of fused-ring (bicyclic) bond motifs is 1. The Balaban J connectivity index is 1.63. The third-order valence-corrected chi connectivity index (χ3v) is 7.39. The molecule has 0 spiro atoms. The number of furan rings is 1. The topological polar surface area (TPSA) is 120 Å². The molecule has 5 rings (SSSR count). The number of hydrogen-bond donors (Lipinski definition) is 1. The van der Waals surface area contributed by atoms with Crippen molar-refractivity contribution in [3.05, 3.63) is 109 Å². The molecule has 0 fully saturated rings. The Morgan fingerprint density at radius 1 is 1.12 bits per heavy atom. The van der Waals surface area contributed by atoms with Gasteiger partial charge in [0.1, 0.15) is 23.3 Å². The second-order valence-electron chi connectivity index (χ2n) is 9.59. The van der Waals surface area contributed by atoms with Crippen molar-refractivity contribution in [1.29, 1.82) is 0 Å². The highest BCUT2D eigenvalue weighted by atomic mass is 32.1. The van der Waals surface area contributed by atoms with E-state index in [0.717, 1.165) is 0 Å². The van der Waals surface area contributed by atoms with Crippen molar-refractivity contribution < 1.29 is 28.6 Å². The van der Waals surface area contributed by atoms with Crippen LogP contribution in [0.3, 0.4) is 0 Å². The number of thiazole rings is 1. The van der Waals surface area contributed by atoms with Crippen molar-refractivity contribution >= 4 is 29.4 Å². The first-order chi connectivity index (χ1) is 19.7. The molecule has 2 aromatic heterocycles. The third-order valence-electron chi connectivity index (χ3n) is 6.41. The van der Waals surface area contributed by atoms with E-state index in [4.69, 9.17) is 19.0 Å². The lowest BCUT2D eigenvalue weighted by atomic mass is 9.95. The van der Waals surface area contributed by atoms with E-state index in [0.29, 0.717) is 43.4 Å². The Morgan fingerprint density at radius 3 is 2.54 bits per heavy atom. The van der Waals surface area contributed by atoms with E-state index in [1.165, 1.54) is 28.0 Å². The van der Waals surface area contributed by atoms with Crippen LogP contribution in [0.5, 0.6) is 5.75 Å². The number of aromatic nitrogens is 1. The zero-order chi connectivity index (χ0) is 29.3. The van der Waals surface area contributed by atoms with E-state index in [-0.39, 0.29) is 29.4 Å². The normalized spacial score (nSPS) is 15.0. The molecule has 0 saturated heterocycles. The van der Waals surface area contributed by atoms with Gasteiger partial charge in [0, 0.05) is 17.2 Å². The Hall–Kier alpha value is -4.70. The lowest BCUT2D eigenvalue weighted by molar-refractivity contribution is -0.139. The zero-order valence-electron chi connectivity index (χ0n) is 22.9. The van der Waals surface area contributed by atoms with Crippen LogP contribution in [0.4, 0.5) is 0 Å². The van der Waals surface area contributed by atoms with Crippen LogP contribution in [0.2, 0.25) is 0 Å². The first-order valence-electron chi connectivity index (χ1n) is 13.1. The number of benzene rings is 2. The minimum absolute atomic E-state index is 0.128. The Labute approximate surface area is 239 Å². The van der Waals surface area contributed by atoms with Crippen molar-refractivity contribution in [2.75, 3.05) is 6.61 Å². The van der Waals surface area contributed by atoms with Crippen LogP contribution in [-0.2, 0) is 9.53 Å². The number of carbonyl (C=O) groups excluding carboxylic acids is 1. The summed E-state index contributed by atoms with van der Waals surface area (Å²) >= 11 is 1.19. The number of nitrogens with zero attached hydrogens (tertiary/aromatic N) is 2. The smallest absolute Gasteiger partial charge is 0.338 e. The summed E-state index contributed by atoms with van der Waals surface area (Å²) in [6.45, 7) is 7.46. The van der Waals surface area contributed by atoms with Gasteiger partial charge in [-0.05, 0) is 58.0 Å². The van der Waals surface area contributed by atoms with Crippen molar-refractivity contribution in [2.45, 2.75) is 39.8 Å². The average Bonchev–Trinajstić information content (AvgIpc) is 3.52. The van der Waals surface area contributed by atoms with Gasteiger partial charge in [-0.15, -0.1) is 0 Å². The maximum absolute atomic E-state index is 13.9. The molecule has 1 aliphatic heterocycles. The Bertz CT molecular complexity index is 1840. The van der Waals surface area contributed by atoms with Crippen LogP contribution in [0.15, 0.2) is 86.1 Å². The van der Waals surface area contributed by atoms with Crippen LogP contribution in [0.1, 0.15) is 55.4 Å². The predicted octanol–water partition coefficient (Wildman–Crippen LogP) is 4.54. The van der Waals surface area contributed by atoms with E-state index in [1.807, 2.05) is 38.1 Å². The average molecular weight is 573 g/mol. The SMILES string of the molecule is CCOC(=O)C1=C(C)N=c2s/c(=C/c3ccc(-c4ccc(C(=O)O)cc4)o3)c(=O)n2[C@H]1c1ccccc1OC(C)C. The van der Waals surface area contributed by atoms with E-state index in [9.17, 15) is 14.4 Å². The summed E-state index contributed by atoms with van der Waals surface area (Å²) < 4.78 is 19.3. The standard InChI is InChI=1S/C31H28N2O7S/c1-5-38-30(37)26-18(4)32-31-33(27(26)22-8-6-7-9-24(22)39-17(2)3)28(34)25(41-31)16-21-14-15-23(40-21)19-10-12-20(13-11-19)29(35)36/h6-17,27H,5H2,1-4H3,(H,35,36)/b25-16+/t27-/m0/s1. The molecule has 41 heavy (non-hydrogen) atoms. The molecule has 2 aromatic carbocycles. The summed E-state index contributed by atoms with van der Waals surface area (Å²) in [5, 5.41) is 9.14. The second kappa shape index (κ2) is 11.4. The number of allylic oxidation sites excluding steroid dienone is 1. The highest BCUT2D eigenvalue weighted by molar-refractivity contribution is 7.07. The third kappa shape index (κ3) is 5.51. The molecule has 0 bridgehead atoms. The maximum atomic E-state index is 13.9. The van der Waals surface area contributed by atoms with Gasteiger partial charge in [0.2, 0.25) is 0 Å². The number of carboxylic acids is 1. The number of carboxylic acid groups (broad SMARTS) is 1. The lowest BCUT2D eigenvalue weighted by Crippen LogP contribution is -2.40. The van der Waals surface area contributed by atoms with Gasteiger partial charge < -0.3 is 19.0 Å². The zero-order valence-corrected chi connectivity index (χ0v) is 23.7. The van der Waals surface area contributed by atoms with Gasteiger partial charge >= 0.3 is 11.9 Å². The van der Waals surface area contributed by atoms with Crippen molar-refractivity contribution in [2.24, 2.45) is 4.99 Å². The van der Waals surface area contributed by atoms with Gasteiger partial charge in [-0.2, -0.15) is 0 Å². The fourth-order valence-electron chi connectivity index (χ4n) is 4.65. The summed E-state index contributed by atoms with van der Waals surface area (Å²) in [6.07, 6.45) is 1.51. The van der Waals surface area contributed by atoms with E-state index in [2.05, 4.69) is 4.99 Å². The molecular formula is C31H28N2O7S. The minimum Gasteiger partial charge on any atom is -0.491 e. The molecule has 1 aliphatic rings. The molecule has 4 aromatic rings. The molecule has 3 heterocycles. The lowest BCUT2D eigenvalue weighted by Gasteiger charge is -2.26. The molecule has 1 atom stereocenters. The summed E-state index contributed by atoms with van der Waals surface area (Å²) in [5.74, 6) is -0.0294. The van der Waals surface area contributed by atoms with E-state index >= 15 is 0 Å². The number of carbonyl (C=O) groups is 2. The van der Waals surface area contributed by atoms with Crippen LogP contribution >= 0.6 is 11.3 Å². The molecule has 1 N–H and O–H groups in total. The molecule has 0 saturated carbocycles. The number of para-hydroxylation sites is 1. The minimum atomic E-state index is -1.01. The fourth-order valence-corrected chi connectivity index (χ4v) is 5.67. The quantitative estimate of drug-likeness (QED) is 0.308. The molecule has 10 heteroatoms. The molecule has 9 nitrogen and oxygen atoms in total. The number of aromatic carboxylic acids is 1.